The van der Waals surface area contributed by atoms with Crippen molar-refractivity contribution in [1.82, 2.24) is 14.3 Å². The van der Waals surface area contributed by atoms with E-state index in [9.17, 15) is 8.42 Å². The second kappa shape index (κ2) is 7.50. The van der Waals surface area contributed by atoms with Crippen LogP contribution in [0.4, 0.5) is 0 Å². The van der Waals surface area contributed by atoms with Crippen LogP contribution in [-0.2, 0) is 10.0 Å². The first-order valence-corrected chi connectivity index (χ1v) is 11.5. The van der Waals surface area contributed by atoms with Crippen LogP contribution in [0.5, 0.6) is 0 Å². The van der Waals surface area contributed by atoms with Crippen molar-refractivity contribution in [2.24, 2.45) is 0 Å². The quantitative estimate of drug-likeness (QED) is 0.486. The summed E-state index contributed by atoms with van der Waals surface area (Å²) in [4.78, 5) is 7.97. The number of aromatic nitrogens is 2. The fourth-order valence-corrected chi connectivity index (χ4v) is 5.86. The minimum atomic E-state index is -3.59. The van der Waals surface area contributed by atoms with Crippen molar-refractivity contribution in [3.63, 3.8) is 0 Å². The van der Waals surface area contributed by atoms with Crippen LogP contribution in [0.25, 0.3) is 33.3 Å². The number of hydrogen-bond acceptors (Lipinski definition) is 4. The van der Waals surface area contributed by atoms with Gasteiger partial charge >= 0.3 is 0 Å². The number of aromatic amines is 1. The molecule has 4 rings (SSSR count). The summed E-state index contributed by atoms with van der Waals surface area (Å²) >= 11 is 1.63. The lowest BCUT2D eigenvalue weighted by molar-refractivity contribution is 0.445. The lowest BCUT2D eigenvalue weighted by atomic mass is 9.99. The smallest absolute Gasteiger partial charge is 0.243 e. The molecule has 0 saturated heterocycles. The highest BCUT2D eigenvalue weighted by atomic mass is 32.2. The van der Waals surface area contributed by atoms with Gasteiger partial charge in [0, 0.05) is 42.0 Å². The third kappa shape index (κ3) is 3.05. The van der Waals surface area contributed by atoms with Gasteiger partial charge in [0.05, 0.1) is 4.90 Å². The lowest BCUT2D eigenvalue weighted by Crippen LogP contribution is -2.30. The van der Waals surface area contributed by atoms with Crippen molar-refractivity contribution in [2.45, 2.75) is 18.7 Å². The zero-order valence-electron chi connectivity index (χ0n) is 15.7. The third-order valence-electron chi connectivity index (χ3n) is 4.91. The molecule has 0 unspecified atom stereocenters. The Bertz CT molecular complexity index is 1210. The van der Waals surface area contributed by atoms with Gasteiger partial charge in [0.2, 0.25) is 10.0 Å². The first-order chi connectivity index (χ1) is 13.6. The van der Waals surface area contributed by atoms with Crippen LogP contribution in [-0.4, -0.2) is 35.8 Å². The fourth-order valence-electron chi connectivity index (χ4n) is 3.54. The molecule has 5 nitrogen and oxygen atoms in total. The zero-order valence-corrected chi connectivity index (χ0v) is 17.3. The average Bonchev–Trinajstić information content (AvgIpc) is 3.38. The normalized spacial score (nSPS) is 12.1. The lowest BCUT2D eigenvalue weighted by Gasteiger charge is -2.20. The second-order valence-corrected chi connectivity index (χ2v) is 9.07. The molecule has 0 spiro atoms. The van der Waals surface area contributed by atoms with Gasteiger partial charge in [0.1, 0.15) is 5.65 Å². The third-order valence-corrected chi connectivity index (χ3v) is 7.70. The number of thiophene rings is 1. The van der Waals surface area contributed by atoms with Gasteiger partial charge in [0.25, 0.3) is 0 Å². The number of H-pyrrole nitrogens is 1. The van der Waals surface area contributed by atoms with Crippen LogP contribution >= 0.6 is 11.3 Å². The van der Waals surface area contributed by atoms with Gasteiger partial charge in [-0.15, -0.1) is 0 Å². The summed E-state index contributed by atoms with van der Waals surface area (Å²) in [6.45, 7) is 4.58. The first kappa shape index (κ1) is 18.9. The van der Waals surface area contributed by atoms with Crippen molar-refractivity contribution in [1.29, 1.82) is 0 Å². The number of hydrogen-bond donors (Lipinski definition) is 1. The topological polar surface area (TPSA) is 66.1 Å². The minimum Gasteiger partial charge on any atom is -0.345 e. The number of fused-ring (bicyclic) bond motifs is 1. The summed E-state index contributed by atoms with van der Waals surface area (Å²) in [7, 11) is -3.59. The van der Waals surface area contributed by atoms with Gasteiger partial charge in [-0.25, -0.2) is 13.4 Å². The molecule has 1 aromatic carbocycles. The maximum Gasteiger partial charge on any atom is 0.243 e. The summed E-state index contributed by atoms with van der Waals surface area (Å²) in [5.41, 5.74) is 4.41. The summed E-state index contributed by atoms with van der Waals surface area (Å²) in [6.07, 6.45) is 3.62. The van der Waals surface area contributed by atoms with Gasteiger partial charge < -0.3 is 4.98 Å². The molecule has 28 heavy (non-hydrogen) atoms. The molecule has 0 bridgehead atoms. The fraction of sp³-hybridized carbons (Fsp3) is 0.190. The Labute approximate surface area is 168 Å². The predicted octanol–water partition coefficient (Wildman–Crippen LogP) is 4.99. The maximum absolute atomic E-state index is 13.3. The van der Waals surface area contributed by atoms with E-state index in [1.165, 1.54) is 4.31 Å². The molecule has 144 valence electrons. The van der Waals surface area contributed by atoms with Crippen molar-refractivity contribution >= 4 is 32.4 Å². The minimum absolute atomic E-state index is 0.319. The van der Waals surface area contributed by atoms with E-state index in [2.05, 4.69) is 21.4 Å². The van der Waals surface area contributed by atoms with E-state index in [0.29, 0.717) is 23.5 Å². The Morgan fingerprint density at radius 2 is 1.82 bits per heavy atom. The van der Waals surface area contributed by atoms with Crippen molar-refractivity contribution in [3.05, 3.63) is 59.6 Å². The molecule has 0 radical (unpaired) electrons. The number of pyridine rings is 1. The van der Waals surface area contributed by atoms with Gasteiger partial charge in [-0.3, -0.25) is 0 Å². The van der Waals surface area contributed by atoms with E-state index in [0.717, 1.165) is 27.7 Å². The highest BCUT2D eigenvalue weighted by Gasteiger charge is 2.26. The highest BCUT2D eigenvalue weighted by Crippen LogP contribution is 2.39. The van der Waals surface area contributed by atoms with E-state index in [4.69, 9.17) is 0 Å². The van der Waals surface area contributed by atoms with Gasteiger partial charge in [0.15, 0.2) is 0 Å². The van der Waals surface area contributed by atoms with E-state index in [1.807, 2.05) is 43.6 Å². The van der Waals surface area contributed by atoms with Crippen LogP contribution in [0.2, 0.25) is 0 Å². The molecular weight excluding hydrogens is 390 g/mol. The molecule has 4 aromatic rings. The molecule has 0 aliphatic carbocycles. The van der Waals surface area contributed by atoms with Crippen molar-refractivity contribution in [2.75, 3.05) is 13.1 Å². The molecule has 0 atom stereocenters. The Kier molecular flexibility index (Phi) is 5.05. The molecule has 0 aliphatic heterocycles. The SMILES string of the molecule is CCN(CC)S(=O)(=O)c1ccccc1-c1c[nH]c2nccc(-c3ccsc3)c12. The molecule has 0 amide bonds. The maximum atomic E-state index is 13.3. The first-order valence-electron chi connectivity index (χ1n) is 9.16. The van der Waals surface area contributed by atoms with Gasteiger partial charge in [-0.1, -0.05) is 32.0 Å². The summed E-state index contributed by atoms with van der Waals surface area (Å²) in [6, 6.07) is 11.2. The van der Waals surface area contributed by atoms with Crippen molar-refractivity contribution in [3.8, 4) is 22.3 Å². The zero-order chi connectivity index (χ0) is 19.7. The second-order valence-electron chi connectivity index (χ2n) is 6.38. The average molecular weight is 412 g/mol. The van der Waals surface area contributed by atoms with E-state index in [-0.39, 0.29) is 0 Å². The van der Waals surface area contributed by atoms with Crippen LogP contribution in [0.1, 0.15) is 13.8 Å². The van der Waals surface area contributed by atoms with E-state index in [1.54, 1.807) is 29.7 Å². The van der Waals surface area contributed by atoms with Crippen molar-refractivity contribution < 1.29 is 8.42 Å². The van der Waals surface area contributed by atoms with Gasteiger partial charge in [-0.05, 0) is 40.1 Å². The Morgan fingerprint density at radius 3 is 2.54 bits per heavy atom. The summed E-state index contributed by atoms with van der Waals surface area (Å²) in [5, 5.41) is 5.06. The number of nitrogens with zero attached hydrogens (tertiary/aromatic N) is 2. The van der Waals surface area contributed by atoms with Crippen LogP contribution in [0.15, 0.2) is 64.4 Å². The Morgan fingerprint density at radius 1 is 1.04 bits per heavy atom. The number of nitrogens with one attached hydrogen (secondary N) is 1. The molecule has 1 N–H and O–H groups in total. The molecule has 0 saturated carbocycles. The standard InChI is InChI=1S/C21H21N3O2S2/c1-3-24(4-2)28(25,26)19-8-6-5-7-17(19)18-13-23-21-20(18)16(9-11-22-21)15-10-12-27-14-15/h5-14H,3-4H2,1-2H3,(H,22,23). The van der Waals surface area contributed by atoms with Gasteiger partial charge in [-0.2, -0.15) is 15.6 Å². The van der Waals surface area contributed by atoms with E-state index < -0.39 is 10.0 Å². The summed E-state index contributed by atoms with van der Waals surface area (Å²) in [5.74, 6) is 0. The van der Waals surface area contributed by atoms with Crippen LogP contribution in [0, 0.1) is 0 Å². The molecule has 3 heterocycles. The molecule has 0 aliphatic rings. The Hall–Kier alpha value is -2.48. The predicted molar refractivity (Wildman–Crippen MR) is 115 cm³/mol. The largest absolute Gasteiger partial charge is 0.345 e. The van der Waals surface area contributed by atoms with Crippen LogP contribution < -0.4 is 0 Å². The molecule has 3 aromatic heterocycles. The Balaban J connectivity index is 1.99. The molecule has 7 heteroatoms. The number of sulfonamides is 1. The molecule has 0 fully saturated rings. The number of benzene rings is 1. The summed E-state index contributed by atoms with van der Waals surface area (Å²) < 4.78 is 28.0. The van der Waals surface area contributed by atoms with Crippen LogP contribution in [0.3, 0.4) is 0 Å². The van der Waals surface area contributed by atoms with E-state index >= 15 is 0 Å². The molecular formula is C21H21N3O2S2. The monoisotopic (exact) mass is 411 g/mol. The number of rotatable bonds is 6. The highest BCUT2D eigenvalue weighted by molar-refractivity contribution is 7.89.